The summed E-state index contributed by atoms with van der Waals surface area (Å²) in [5.74, 6) is -3.62. The number of carboxylic acids is 1. The van der Waals surface area contributed by atoms with Crippen LogP contribution in [0.2, 0.25) is 0 Å². The molecule has 3 amide bonds. The topological polar surface area (TPSA) is 165 Å². The van der Waals surface area contributed by atoms with Crippen LogP contribution in [-0.2, 0) is 25.6 Å². The van der Waals surface area contributed by atoms with Crippen molar-refractivity contribution in [1.82, 2.24) is 10.6 Å². The van der Waals surface area contributed by atoms with Crippen molar-refractivity contribution in [3.8, 4) is 0 Å². The maximum Gasteiger partial charge on any atom is 0.326 e. The number of hydrogen-bond donors (Lipinski definition) is 5. The Kier molecular flexibility index (Phi) is 8.40. The molecule has 0 bridgehead atoms. The van der Waals surface area contributed by atoms with Gasteiger partial charge in [0.25, 0.3) is 0 Å². The molecular formula is C18H26N4O5. The van der Waals surface area contributed by atoms with E-state index < -0.39 is 41.8 Å². The lowest BCUT2D eigenvalue weighted by Crippen LogP contribution is -2.57. The Hall–Kier alpha value is -2.94. The van der Waals surface area contributed by atoms with E-state index in [0.717, 1.165) is 5.56 Å². The van der Waals surface area contributed by atoms with Crippen LogP contribution in [0.5, 0.6) is 0 Å². The fraction of sp³-hybridized carbons (Fsp3) is 0.444. The zero-order chi connectivity index (χ0) is 20.6. The van der Waals surface area contributed by atoms with Crippen molar-refractivity contribution in [1.29, 1.82) is 0 Å². The molecule has 0 saturated heterocycles. The third-order valence-corrected chi connectivity index (χ3v) is 3.90. The average molecular weight is 378 g/mol. The fourth-order valence-corrected chi connectivity index (χ4v) is 2.42. The summed E-state index contributed by atoms with van der Waals surface area (Å²) >= 11 is 0. The van der Waals surface area contributed by atoms with Crippen LogP contribution >= 0.6 is 0 Å². The van der Waals surface area contributed by atoms with Crippen molar-refractivity contribution in [2.24, 2.45) is 17.4 Å². The molecule has 1 rings (SSSR count). The van der Waals surface area contributed by atoms with Crippen molar-refractivity contribution < 1.29 is 24.3 Å². The van der Waals surface area contributed by atoms with Gasteiger partial charge >= 0.3 is 5.97 Å². The van der Waals surface area contributed by atoms with Crippen molar-refractivity contribution in [2.45, 2.75) is 44.8 Å². The summed E-state index contributed by atoms with van der Waals surface area (Å²) < 4.78 is 0. The zero-order valence-corrected chi connectivity index (χ0v) is 15.3. The van der Waals surface area contributed by atoms with Gasteiger partial charge in [-0.25, -0.2) is 4.79 Å². The van der Waals surface area contributed by atoms with E-state index in [0.29, 0.717) is 0 Å². The molecule has 7 N–H and O–H groups in total. The van der Waals surface area contributed by atoms with Crippen LogP contribution in [0.1, 0.15) is 25.8 Å². The number of carboxylic acid groups (broad SMARTS) is 1. The minimum atomic E-state index is -1.19. The average Bonchev–Trinajstić information content (AvgIpc) is 2.58. The van der Waals surface area contributed by atoms with Gasteiger partial charge in [-0.1, -0.05) is 44.2 Å². The molecule has 9 nitrogen and oxygen atoms in total. The summed E-state index contributed by atoms with van der Waals surface area (Å²) in [5.41, 5.74) is 11.3. The monoisotopic (exact) mass is 378 g/mol. The normalized spacial score (nSPS) is 14.1. The van der Waals surface area contributed by atoms with Gasteiger partial charge < -0.3 is 27.2 Å². The molecule has 148 valence electrons. The molecule has 0 fully saturated rings. The third-order valence-electron chi connectivity index (χ3n) is 3.90. The van der Waals surface area contributed by atoms with Gasteiger partial charge in [0.2, 0.25) is 17.7 Å². The van der Waals surface area contributed by atoms with Crippen LogP contribution in [0, 0.1) is 5.92 Å². The number of carbonyl (C=O) groups excluding carboxylic acids is 3. The molecular weight excluding hydrogens is 352 g/mol. The highest BCUT2D eigenvalue weighted by Gasteiger charge is 2.30. The van der Waals surface area contributed by atoms with Gasteiger partial charge in [0, 0.05) is 6.42 Å². The Morgan fingerprint density at radius 3 is 2.11 bits per heavy atom. The number of hydrogen-bond acceptors (Lipinski definition) is 5. The van der Waals surface area contributed by atoms with Crippen LogP contribution in [0.3, 0.4) is 0 Å². The lowest BCUT2D eigenvalue weighted by molar-refractivity contribution is -0.142. The summed E-state index contributed by atoms with van der Waals surface area (Å²) in [6.45, 7) is 3.38. The number of benzene rings is 1. The van der Waals surface area contributed by atoms with Crippen LogP contribution in [-0.4, -0.2) is 46.9 Å². The number of nitrogens with one attached hydrogen (secondary N) is 2. The first kappa shape index (κ1) is 22.1. The van der Waals surface area contributed by atoms with Crippen LogP contribution in [0.25, 0.3) is 0 Å². The third kappa shape index (κ3) is 7.45. The van der Waals surface area contributed by atoms with Gasteiger partial charge in [-0.05, 0) is 11.5 Å². The second kappa shape index (κ2) is 10.3. The molecule has 0 heterocycles. The SMILES string of the molecule is CC(C)[C@H](NC(=O)[C@@H](N)CC(N)=O)C(=O)N[C@@H](Cc1ccccc1)C(=O)O. The summed E-state index contributed by atoms with van der Waals surface area (Å²) in [7, 11) is 0. The van der Waals surface area contributed by atoms with Gasteiger partial charge in [0.05, 0.1) is 12.5 Å². The molecule has 0 aliphatic heterocycles. The molecule has 0 unspecified atom stereocenters. The standard InChI is InChI=1S/C18H26N4O5/c1-10(2)15(22-16(24)12(19)9-14(20)23)17(25)21-13(18(26)27)8-11-6-4-3-5-7-11/h3-7,10,12-13,15H,8-9,19H2,1-2H3,(H2,20,23)(H,21,25)(H,22,24)(H,26,27)/t12-,13-,15-/m0/s1. The van der Waals surface area contributed by atoms with Crippen LogP contribution in [0.4, 0.5) is 0 Å². The lowest BCUT2D eigenvalue weighted by Gasteiger charge is -2.25. The van der Waals surface area contributed by atoms with Crippen LogP contribution < -0.4 is 22.1 Å². The van der Waals surface area contributed by atoms with Gasteiger partial charge in [0.15, 0.2) is 0 Å². The van der Waals surface area contributed by atoms with Gasteiger partial charge in [-0.3, -0.25) is 14.4 Å². The Labute approximate surface area is 157 Å². The maximum absolute atomic E-state index is 12.5. The first-order valence-electron chi connectivity index (χ1n) is 8.53. The molecule has 0 radical (unpaired) electrons. The minimum absolute atomic E-state index is 0.0991. The Bertz CT molecular complexity index is 678. The number of nitrogens with two attached hydrogens (primary N) is 2. The van der Waals surface area contributed by atoms with E-state index >= 15 is 0 Å². The number of aliphatic carboxylic acids is 1. The number of primary amides is 1. The van der Waals surface area contributed by atoms with Crippen molar-refractivity contribution in [3.05, 3.63) is 35.9 Å². The Morgan fingerprint density at radius 2 is 1.63 bits per heavy atom. The van der Waals surface area contributed by atoms with Crippen molar-refractivity contribution in [2.75, 3.05) is 0 Å². The van der Waals surface area contributed by atoms with E-state index in [1.807, 2.05) is 0 Å². The summed E-state index contributed by atoms with van der Waals surface area (Å²) in [6, 6.07) is 5.51. The molecule has 9 heteroatoms. The Morgan fingerprint density at radius 1 is 1.04 bits per heavy atom. The first-order valence-corrected chi connectivity index (χ1v) is 8.53. The predicted molar refractivity (Wildman–Crippen MR) is 98.3 cm³/mol. The highest BCUT2D eigenvalue weighted by Crippen LogP contribution is 2.07. The van der Waals surface area contributed by atoms with E-state index in [4.69, 9.17) is 11.5 Å². The quantitative estimate of drug-likeness (QED) is 0.355. The van der Waals surface area contributed by atoms with Gasteiger partial charge in [-0.2, -0.15) is 0 Å². The molecule has 1 aromatic rings. The van der Waals surface area contributed by atoms with E-state index in [9.17, 15) is 24.3 Å². The van der Waals surface area contributed by atoms with E-state index in [1.165, 1.54) is 0 Å². The summed E-state index contributed by atoms with van der Waals surface area (Å²) in [5, 5.41) is 14.3. The molecule has 27 heavy (non-hydrogen) atoms. The number of amides is 3. The smallest absolute Gasteiger partial charge is 0.326 e. The van der Waals surface area contributed by atoms with Crippen LogP contribution in [0.15, 0.2) is 30.3 Å². The molecule has 0 aliphatic rings. The van der Waals surface area contributed by atoms with Crippen molar-refractivity contribution >= 4 is 23.7 Å². The molecule has 1 aromatic carbocycles. The number of rotatable bonds is 10. The molecule has 0 saturated carbocycles. The molecule has 0 aromatic heterocycles. The summed E-state index contributed by atoms with van der Waals surface area (Å²) in [6.07, 6.45) is -0.258. The molecule has 0 spiro atoms. The minimum Gasteiger partial charge on any atom is -0.480 e. The highest BCUT2D eigenvalue weighted by molar-refractivity contribution is 5.93. The predicted octanol–water partition coefficient (Wildman–Crippen LogP) is -0.858. The number of carbonyl (C=O) groups is 4. The van der Waals surface area contributed by atoms with Crippen molar-refractivity contribution in [3.63, 3.8) is 0 Å². The maximum atomic E-state index is 12.5. The van der Waals surface area contributed by atoms with Gasteiger partial charge in [0.1, 0.15) is 12.1 Å². The molecule has 0 aliphatic carbocycles. The zero-order valence-electron chi connectivity index (χ0n) is 15.3. The first-order chi connectivity index (χ1) is 12.6. The highest BCUT2D eigenvalue weighted by atomic mass is 16.4. The largest absolute Gasteiger partial charge is 0.480 e. The fourth-order valence-electron chi connectivity index (χ4n) is 2.42. The van der Waals surface area contributed by atoms with E-state index in [2.05, 4.69) is 10.6 Å². The second-order valence-electron chi connectivity index (χ2n) is 6.60. The molecule has 3 atom stereocenters. The van der Waals surface area contributed by atoms with E-state index in [-0.39, 0.29) is 18.8 Å². The summed E-state index contributed by atoms with van der Waals surface area (Å²) in [4.78, 5) is 47.0. The van der Waals surface area contributed by atoms with E-state index in [1.54, 1.807) is 44.2 Å². The Balaban J connectivity index is 2.81. The lowest BCUT2D eigenvalue weighted by atomic mass is 10.0. The second-order valence-corrected chi connectivity index (χ2v) is 6.60. The van der Waals surface area contributed by atoms with Gasteiger partial charge in [-0.15, -0.1) is 0 Å².